The van der Waals surface area contributed by atoms with Crippen LogP contribution in [0.5, 0.6) is 0 Å². The summed E-state index contributed by atoms with van der Waals surface area (Å²) in [6.45, 7) is 4.96. The van der Waals surface area contributed by atoms with Gasteiger partial charge in [-0.25, -0.2) is 0 Å². The van der Waals surface area contributed by atoms with Gasteiger partial charge in [-0.3, -0.25) is 4.79 Å². The number of piperidine rings is 1. The average molecular weight is 262 g/mol. The topological polar surface area (TPSA) is 25.2 Å². The second kappa shape index (κ2) is 6.27. The molecule has 3 nitrogen and oxygen atoms in total. The van der Waals surface area contributed by atoms with Crippen molar-refractivity contribution < 1.29 is 4.79 Å². The molecule has 19 heavy (non-hydrogen) atoms. The van der Waals surface area contributed by atoms with Gasteiger partial charge < -0.3 is 9.47 Å². The van der Waals surface area contributed by atoms with E-state index in [0.29, 0.717) is 11.9 Å². The third kappa shape index (κ3) is 3.40. The van der Waals surface area contributed by atoms with Gasteiger partial charge in [0.25, 0.3) is 0 Å². The molecule has 1 amide bonds. The zero-order valence-corrected chi connectivity index (χ0v) is 12.4. The lowest BCUT2D eigenvalue weighted by Crippen LogP contribution is -2.45. The smallest absolute Gasteiger partial charge is 0.225 e. The molecular weight excluding hydrogens is 236 g/mol. The van der Waals surface area contributed by atoms with E-state index in [-0.39, 0.29) is 5.92 Å². The molecule has 1 aliphatic rings. The summed E-state index contributed by atoms with van der Waals surface area (Å²) in [5.74, 6) is 0.451. The average Bonchev–Trinajstić information content (AvgIpc) is 2.81. The first-order chi connectivity index (χ1) is 9.09. The summed E-state index contributed by atoms with van der Waals surface area (Å²) in [6.07, 6.45) is 7.85. The number of amides is 1. The second-order valence-electron chi connectivity index (χ2n) is 5.99. The van der Waals surface area contributed by atoms with Gasteiger partial charge in [-0.1, -0.05) is 13.8 Å². The Labute approximate surface area is 116 Å². The normalized spacial score (nSPS) is 20.0. The fourth-order valence-corrected chi connectivity index (χ4v) is 2.99. The molecular formula is C16H26N2O. The third-order valence-corrected chi connectivity index (χ3v) is 4.19. The lowest BCUT2D eigenvalue weighted by Gasteiger charge is -2.37. The summed E-state index contributed by atoms with van der Waals surface area (Å²) in [4.78, 5) is 14.4. The molecule has 0 N–H and O–H groups in total. The van der Waals surface area contributed by atoms with Crippen molar-refractivity contribution >= 4 is 5.91 Å². The van der Waals surface area contributed by atoms with E-state index < -0.39 is 0 Å². The van der Waals surface area contributed by atoms with Crippen LogP contribution < -0.4 is 0 Å². The molecule has 1 aromatic rings. The number of nitrogens with zero attached hydrogens (tertiary/aromatic N) is 2. The Hall–Kier alpha value is -1.25. The number of rotatable bonds is 4. The molecule has 1 fully saturated rings. The number of hydrogen-bond acceptors (Lipinski definition) is 1. The maximum Gasteiger partial charge on any atom is 0.225 e. The molecule has 0 bridgehead atoms. The van der Waals surface area contributed by atoms with E-state index >= 15 is 0 Å². The molecule has 0 saturated carbocycles. The zero-order chi connectivity index (χ0) is 13.8. The van der Waals surface area contributed by atoms with Crippen LogP contribution in [0.15, 0.2) is 18.3 Å². The minimum Gasteiger partial charge on any atom is -0.354 e. The van der Waals surface area contributed by atoms with Crippen molar-refractivity contribution in [1.82, 2.24) is 9.47 Å². The highest BCUT2D eigenvalue weighted by molar-refractivity contribution is 5.78. The first-order valence-corrected chi connectivity index (χ1v) is 7.50. The second-order valence-corrected chi connectivity index (χ2v) is 5.99. The fraction of sp³-hybridized carbons (Fsp3) is 0.688. The molecule has 1 atom stereocenters. The Bertz CT molecular complexity index is 422. The summed E-state index contributed by atoms with van der Waals surface area (Å²) >= 11 is 0. The highest BCUT2D eigenvalue weighted by Crippen LogP contribution is 2.23. The Kier molecular flexibility index (Phi) is 4.67. The van der Waals surface area contributed by atoms with Crippen molar-refractivity contribution in [3.05, 3.63) is 24.0 Å². The summed E-state index contributed by atoms with van der Waals surface area (Å²) in [5.41, 5.74) is 1.36. The molecule has 0 aliphatic carbocycles. The summed E-state index contributed by atoms with van der Waals surface area (Å²) in [6, 6.07) is 4.71. The predicted molar refractivity (Wildman–Crippen MR) is 77.9 cm³/mol. The molecule has 1 unspecified atom stereocenters. The highest BCUT2D eigenvalue weighted by Gasteiger charge is 2.27. The molecule has 1 aromatic heterocycles. The summed E-state index contributed by atoms with van der Waals surface area (Å²) < 4.78 is 2.18. The van der Waals surface area contributed by atoms with E-state index in [1.807, 2.05) is 13.8 Å². The van der Waals surface area contributed by atoms with Gasteiger partial charge in [0.15, 0.2) is 0 Å². The molecule has 3 heteroatoms. The van der Waals surface area contributed by atoms with Crippen LogP contribution in [0.4, 0.5) is 0 Å². The quantitative estimate of drug-likeness (QED) is 0.819. The Morgan fingerprint density at radius 1 is 1.42 bits per heavy atom. The lowest BCUT2D eigenvalue weighted by molar-refractivity contribution is -0.138. The van der Waals surface area contributed by atoms with Crippen molar-refractivity contribution in [2.75, 3.05) is 6.54 Å². The van der Waals surface area contributed by atoms with Gasteiger partial charge in [0.05, 0.1) is 0 Å². The third-order valence-electron chi connectivity index (χ3n) is 4.19. The first-order valence-electron chi connectivity index (χ1n) is 7.50. The first kappa shape index (κ1) is 14.2. The van der Waals surface area contributed by atoms with E-state index in [2.05, 4.69) is 34.8 Å². The van der Waals surface area contributed by atoms with Crippen molar-refractivity contribution in [1.29, 1.82) is 0 Å². The highest BCUT2D eigenvalue weighted by atomic mass is 16.2. The number of hydrogen-bond donors (Lipinski definition) is 0. The molecule has 1 aliphatic heterocycles. The van der Waals surface area contributed by atoms with Gasteiger partial charge in [0.2, 0.25) is 5.91 Å². The van der Waals surface area contributed by atoms with Crippen LogP contribution >= 0.6 is 0 Å². The monoisotopic (exact) mass is 262 g/mol. The van der Waals surface area contributed by atoms with Crippen molar-refractivity contribution in [3.8, 4) is 0 Å². The number of carbonyl (C=O) groups excluding carboxylic acids is 1. The Balaban J connectivity index is 1.96. The molecule has 0 aromatic carbocycles. The van der Waals surface area contributed by atoms with Gasteiger partial charge in [-0.05, 0) is 44.2 Å². The van der Waals surface area contributed by atoms with Gasteiger partial charge in [0.1, 0.15) is 0 Å². The molecule has 2 heterocycles. The number of carbonyl (C=O) groups is 1. The molecule has 0 spiro atoms. The minimum absolute atomic E-state index is 0.121. The van der Waals surface area contributed by atoms with E-state index in [0.717, 1.165) is 19.4 Å². The predicted octanol–water partition coefficient (Wildman–Crippen LogP) is 2.99. The van der Waals surface area contributed by atoms with Crippen LogP contribution in [0.3, 0.4) is 0 Å². The van der Waals surface area contributed by atoms with Crippen LogP contribution in [-0.2, 0) is 18.3 Å². The van der Waals surface area contributed by atoms with Crippen LogP contribution in [0, 0.1) is 5.92 Å². The number of aromatic nitrogens is 1. The van der Waals surface area contributed by atoms with Crippen LogP contribution in [0.25, 0.3) is 0 Å². The maximum absolute atomic E-state index is 12.3. The van der Waals surface area contributed by atoms with Crippen molar-refractivity contribution in [3.63, 3.8) is 0 Å². The van der Waals surface area contributed by atoms with E-state index in [1.54, 1.807) is 0 Å². The summed E-state index contributed by atoms with van der Waals surface area (Å²) in [7, 11) is 2.09. The van der Waals surface area contributed by atoms with Gasteiger partial charge in [-0.2, -0.15) is 0 Å². The lowest BCUT2D eigenvalue weighted by atomic mass is 9.95. The molecule has 2 rings (SSSR count). The maximum atomic E-state index is 12.3. The molecule has 1 saturated heterocycles. The van der Waals surface area contributed by atoms with E-state index in [9.17, 15) is 4.79 Å². The van der Waals surface area contributed by atoms with Crippen molar-refractivity contribution in [2.45, 2.75) is 52.0 Å². The van der Waals surface area contributed by atoms with Crippen LogP contribution in [0.2, 0.25) is 0 Å². The standard InChI is InChI=1S/C16H26N2O/c1-13(2)16(19)18-12-5-4-7-15(18)10-9-14-8-6-11-17(14)3/h6,8,11,13,15H,4-5,7,9-10,12H2,1-3H3. The SMILES string of the molecule is CC(C)C(=O)N1CCCCC1CCc1cccn1C. The van der Waals surface area contributed by atoms with Gasteiger partial charge in [-0.15, -0.1) is 0 Å². The van der Waals surface area contributed by atoms with E-state index in [4.69, 9.17) is 0 Å². The van der Waals surface area contributed by atoms with Crippen LogP contribution in [0.1, 0.15) is 45.2 Å². The molecule has 0 radical (unpaired) electrons. The fourth-order valence-electron chi connectivity index (χ4n) is 2.99. The summed E-state index contributed by atoms with van der Waals surface area (Å²) in [5, 5.41) is 0. The van der Waals surface area contributed by atoms with E-state index in [1.165, 1.54) is 25.0 Å². The van der Waals surface area contributed by atoms with Gasteiger partial charge >= 0.3 is 0 Å². The number of aryl methyl sites for hydroxylation is 2. The van der Waals surface area contributed by atoms with Crippen LogP contribution in [-0.4, -0.2) is 28.0 Å². The Morgan fingerprint density at radius 2 is 2.21 bits per heavy atom. The zero-order valence-electron chi connectivity index (χ0n) is 12.4. The minimum atomic E-state index is 0.121. The van der Waals surface area contributed by atoms with Gasteiger partial charge in [0, 0.05) is 37.4 Å². The molecule has 106 valence electrons. The van der Waals surface area contributed by atoms with Crippen molar-refractivity contribution in [2.24, 2.45) is 13.0 Å². The number of likely N-dealkylation sites (tertiary alicyclic amines) is 1. The largest absolute Gasteiger partial charge is 0.354 e. The Morgan fingerprint density at radius 3 is 2.84 bits per heavy atom.